The van der Waals surface area contributed by atoms with E-state index in [2.05, 4.69) is 10.0 Å². The van der Waals surface area contributed by atoms with Gasteiger partial charge in [0.25, 0.3) is 11.6 Å². The number of hydrogen-bond acceptors (Lipinski definition) is 6. The smallest absolute Gasteiger partial charge is 0.269 e. The summed E-state index contributed by atoms with van der Waals surface area (Å²) >= 11 is 0. The summed E-state index contributed by atoms with van der Waals surface area (Å²) in [7, 11) is -2.39. The van der Waals surface area contributed by atoms with Gasteiger partial charge in [0.15, 0.2) is 0 Å². The van der Waals surface area contributed by atoms with E-state index in [-0.39, 0.29) is 29.0 Å². The van der Waals surface area contributed by atoms with E-state index in [1.807, 2.05) is 0 Å². The summed E-state index contributed by atoms with van der Waals surface area (Å²) < 4.78 is 32.1. The number of hydrogen-bond donors (Lipinski definition) is 2. The van der Waals surface area contributed by atoms with Crippen LogP contribution in [0.25, 0.3) is 0 Å². The van der Waals surface area contributed by atoms with Crippen LogP contribution in [0.1, 0.15) is 15.9 Å². The highest BCUT2D eigenvalue weighted by Gasteiger charge is 2.18. The van der Waals surface area contributed by atoms with Crippen LogP contribution < -0.4 is 10.0 Å². The van der Waals surface area contributed by atoms with Gasteiger partial charge in [0.05, 0.1) is 28.5 Å². The van der Waals surface area contributed by atoms with Crippen molar-refractivity contribution in [2.45, 2.75) is 5.75 Å². The van der Waals surface area contributed by atoms with E-state index in [9.17, 15) is 23.3 Å². The van der Waals surface area contributed by atoms with Crippen LogP contribution in [0.4, 0.5) is 11.4 Å². The Bertz CT molecular complexity index is 930. The molecule has 0 aromatic heterocycles. The molecule has 9 nitrogen and oxygen atoms in total. The molecular formula is C17H19N3O6S. The lowest BCUT2D eigenvalue weighted by molar-refractivity contribution is -0.384. The fourth-order valence-corrected chi connectivity index (χ4v) is 3.52. The zero-order valence-corrected chi connectivity index (χ0v) is 15.4. The van der Waals surface area contributed by atoms with Crippen molar-refractivity contribution in [3.63, 3.8) is 0 Å². The SMILES string of the molecule is COCCNC(=O)c1ccccc1NS(=O)(=O)Cc1cccc([N+](=O)[O-])c1. The Morgan fingerprint density at radius 2 is 1.93 bits per heavy atom. The quantitative estimate of drug-likeness (QED) is 0.380. The average Bonchev–Trinajstić information content (AvgIpc) is 2.61. The fourth-order valence-electron chi connectivity index (χ4n) is 2.31. The van der Waals surface area contributed by atoms with Crippen LogP contribution in [-0.2, 0) is 20.5 Å². The highest BCUT2D eigenvalue weighted by molar-refractivity contribution is 7.91. The molecule has 2 N–H and O–H groups in total. The van der Waals surface area contributed by atoms with Crippen LogP contribution >= 0.6 is 0 Å². The van der Waals surface area contributed by atoms with E-state index in [0.717, 1.165) is 0 Å². The second kappa shape index (κ2) is 9.10. The van der Waals surface area contributed by atoms with Crippen molar-refractivity contribution in [1.82, 2.24) is 5.32 Å². The molecule has 0 aliphatic heterocycles. The van der Waals surface area contributed by atoms with E-state index < -0.39 is 26.6 Å². The number of nitro groups is 1. The molecule has 0 saturated carbocycles. The largest absolute Gasteiger partial charge is 0.383 e. The van der Waals surface area contributed by atoms with Crippen LogP contribution in [0.15, 0.2) is 48.5 Å². The summed E-state index contributed by atoms with van der Waals surface area (Å²) in [6, 6.07) is 11.5. The molecule has 2 aromatic rings. The predicted molar refractivity (Wildman–Crippen MR) is 100.0 cm³/mol. The number of rotatable bonds is 9. The van der Waals surface area contributed by atoms with Crippen molar-refractivity contribution < 1.29 is 22.9 Å². The van der Waals surface area contributed by atoms with E-state index in [1.54, 1.807) is 12.1 Å². The van der Waals surface area contributed by atoms with Gasteiger partial charge in [0, 0.05) is 25.8 Å². The van der Waals surface area contributed by atoms with Crippen molar-refractivity contribution in [2.75, 3.05) is 25.0 Å². The zero-order valence-electron chi connectivity index (χ0n) is 14.5. The molecule has 1 amide bonds. The molecule has 0 aliphatic carbocycles. The van der Waals surface area contributed by atoms with Gasteiger partial charge in [-0.1, -0.05) is 24.3 Å². The molecule has 0 atom stereocenters. The number of carbonyl (C=O) groups excluding carboxylic acids is 1. The minimum atomic E-state index is -3.89. The number of carbonyl (C=O) groups is 1. The van der Waals surface area contributed by atoms with E-state index in [0.29, 0.717) is 6.61 Å². The monoisotopic (exact) mass is 393 g/mol. The molecule has 0 heterocycles. The topological polar surface area (TPSA) is 128 Å². The maximum atomic E-state index is 12.5. The summed E-state index contributed by atoms with van der Waals surface area (Å²) in [5, 5.41) is 13.4. The first-order chi connectivity index (χ1) is 12.8. The molecule has 2 rings (SSSR count). The fraction of sp³-hybridized carbons (Fsp3) is 0.235. The molecule has 0 saturated heterocycles. The number of nitro benzene ring substituents is 1. The van der Waals surface area contributed by atoms with Gasteiger partial charge in [-0.2, -0.15) is 0 Å². The Morgan fingerprint density at radius 1 is 1.19 bits per heavy atom. The number of nitrogens with zero attached hydrogens (tertiary/aromatic N) is 1. The van der Waals surface area contributed by atoms with Crippen molar-refractivity contribution in [3.05, 3.63) is 69.8 Å². The molecule has 0 bridgehead atoms. The van der Waals surface area contributed by atoms with Gasteiger partial charge >= 0.3 is 0 Å². The van der Waals surface area contributed by atoms with Gasteiger partial charge in [0.1, 0.15) is 0 Å². The number of methoxy groups -OCH3 is 1. The van der Waals surface area contributed by atoms with Crippen LogP contribution in [0, 0.1) is 10.1 Å². The lowest BCUT2D eigenvalue weighted by atomic mass is 10.1. The molecule has 0 fully saturated rings. The summed E-state index contributed by atoms with van der Waals surface area (Å²) in [4.78, 5) is 22.5. The average molecular weight is 393 g/mol. The van der Waals surface area contributed by atoms with Gasteiger partial charge in [0.2, 0.25) is 10.0 Å². The minimum Gasteiger partial charge on any atom is -0.383 e. The first-order valence-corrected chi connectivity index (χ1v) is 9.57. The molecule has 27 heavy (non-hydrogen) atoms. The molecule has 10 heteroatoms. The number of nitrogens with one attached hydrogen (secondary N) is 2. The van der Waals surface area contributed by atoms with Crippen LogP contribution in [0.2, 0.25) is 0 Å². The lowest BCUT2D eigenvalue weighted by Crippen LogP contribution is -2.28. The van der Waals surface area contributed by atoms with Crippen LogP contribution in [-0.4, -0.2) is 39.5 Å². The summed E-state index contributed by atoms with van der Waals surface area (Å²) in [5.41, 5.74) is 0.355. The molecule has 144 valence electrons. The first-order valence-electron chi connectivity index (χ1n) is 7.92. The van der Waals surface area contributed by atoms with Gasteiger partial charge in [-0.25, -0.2) is 8.42 Å². The number of amides is 1. The number of anilines is 1. The Kier molecular flexibility index (Phi) is 6.85. The molecule has 0 radical (unpaired) electrons. The molecule has 0 spiro atoms. The van der Waals surface area contributed by atoms with Crippen molar-refractivity contribution in [2.24, 2.45) is 0 Å². The van der Waals surface area contributed by atoms with Crippen molar-refractivity contribution in [1.29, 1.82) is 0 Å². The zero-order chi connectivity index (χ0) is 19.9. The second-order valence-electron chi connectivity index (χ2n) is 5.58. The third-order valence-corrected chi connectivity index (χ3v) is 4.75. The number of para-hydroxylation sites is 1. The maximum absolute atomic E-state index is 12.5. The minimum absolute atomic E-state index is 0.123. The highest BCUT2D eigenvalue weighted by atomic mass is 32.2. The highest BCUT2D eigenvalue weighted by Crippen LogP contribution is 2.20. The number of non-ortho nitro benzene ring substituents is 1. The van der Waals surface area contributed by atoms with Gasteiger partial charge in [-0.3, -0.25) is 19.6 Å². The van der Waals surface area contributed by atoms with Crippen molar-refractivity contribution >= 4 is 27.3 Å². The Balaban J connectivity index is 2.17. The lowest BCUT2D eigenvalue weighted by Gasteiger charge is -2.12. The Labute approximate surface area is 156 Å². The van der Waals surface area contributed by atoms with E-state index in [4.69, 9.17) is 4.74 Å². The van der Waals surface area contributed by atoms with Gasteiger partial charge in [-0.05, 0) is 17.7 Å². The maximum Gasteiger partial charge on any atom is 0.269 e. The van der Waals surface area contributed by atoms with Crippen molar-refractivity contribution in [3.8, 4) is 0 Å². The summed E-state index contributed by atoms with van der Waals surface area (Å²) in [6.07, 6.45) is 0. The van der Waals surface area contributed by atoms with E-state index in [1.165, 1.54) is 43.5 Å². The number of ether oxygens (including phenoxy) is 1. The second-order valence-corrected chi connectivity index (χ2v) is 7.30. The standard InChI is InChI=1S/C17H19N3O6S/c1-26-10-9-18-17(21)15-7-2-3-8-16(15)19-27(24,25)12-13-5-4-6-14(11-13)20(22)23/h2-8,11,19H,9-10,12H2,1H3,(H,18,21). The third kappa shape index (κ3) is 6.04. The van der Waals surface area contributed by atoms with Gasteiger partial charge in [-0.15, -0.1) is 0 Å². The predicted octanol–water partition coefficient (Wildman–Crippen LogP) is 1.91. The van der Waals surface area contributed by atoms with Crippen LogP contribution in [0.5, 0.6) is 0 Å². The summed E-state index contributed by atoms with van der Waals surface area (Å²) in [6.45, 7) is 0.608. The van der Waals surface area contributed by atoms with Gasteiger partial charge < -0.3 is 10.1 Å². The van der Waals surface area contributed by atoms with E-state index >= 15 is 0 Å². The number of sulfonamides is 1. The molecule has 0 unspecified atom stereocenters. The van der Waals surface area contributed by atoms with Crippen LogP contribution in [0.3, 0.4) is 0 Å². The Morgan fingerprint density at radius 3 is 2.63 bits per heavy atom. The number of benzene rings is 2. The normalized spacial score (nSPS) is 11.0. The Hall–Kier alpha value is -2.98. The first kappa shape index (κ1) is 20.3. The molecule has 0 aliphatic rings. The third-order valence-electron chi connectivity index (χ3n) is 3.51. The molecule has 2 aromatic carbocycles. The summed E-state index contributed by atoms with van der Waals surface area (Å²) in [5.74, 6) is -0.908. The molecular weight excluding hydrogens is 374 g/mol.